The third-order valence-electron chi connectivity index (χ3n) is 2.72. The number of ketones is 1. The highest BCUT2D eigenvalue weighted by molar-refractivity contribution is 7.99. The number of Topliss-reactive ketones (excluding diaryl/α,β-unsaturated/α-hetero) is 1. The zero-order valence-electron chi connectivity index (χ0n) is 11.7. The van der Waals surface area contributed by atoms with E-state index in [0.29, 0.717) is 15.6 Å². The molecule has 0 saturated carbocycles. The number of hydrogen-bond donors (Lipinski definition) is 0. The zero-order valence-corrected chi connectivity index (χ0v) is 12.5. The van der Waals surface area contributed by atoms with Crippen molar-refractivity contribution in [1.82, 2.24) is 20.2 Å². The van der Waals surface area contributed by atoms with Crippen LogP contribution in [0.1, 0.15) is 37.2 Å². The summed E-state index contributed by atoms with van der Waals surface area (Å²) < 4.78 is 1.58. The average molecular weight is 307 g/mol. The van der Waals surface area contributed by atoms with E-state index < -0.39 is 4.92 Å². The molecule has 1 aromatic carbocycles. The predicted octanol–water partition coefficient (Wildman–Crippen LogP) is 2.52. The number of aromatic nitrogens is 4. The van der Waals surface area contributed by atoms with Gasteiger partial charge in [0.25, 0.3) is 5.69 Å². The minimum absolute atomic E-state index is 0.0399. The molecule has 9 heteroatoms. The van der Waals surface area contributed by atoms with E-state index in [2.05, 4.69) is 15.5 Å². The molecule has 0 aliphatic rings. The fourth-order valence-corrected chi connectivity index (χ4v) is 2.63. The molecule has 0 bridgehead atoms. The van der Waals surface area contributed by atoms with Gasteiger partial charge in [0.1, 0.15) is 0 Å². The summed E-state index contributed by atoms with van der Waals surface area (Å²) in [6.07, 6.45) is 0. The molecule has 2 rings (SSSR count). The van der Waals surface area contributed by atoms with Crippen molar-refractivity contribution >= 4 is 23.2 Å². The fourth-order valence-electron chi connectivity index (χ4n) is 1.64. The molecule has 0 atom stereocenters. The second kappa shape index (κ2) is 6.00. The van der Waals surface area contributed by atoms with Crippen molar-refractivity contribution in [3.05, 3.63) is 33.9 Å². The van der Waals surface area contributed by atoms with E-state index in [-0.39, 0.29) is 17.5 Å². The standard InChI is InChI=1S/C12H13N5O3S/c1-7(2)16-12(13-14-15-16)21-11-5-4-9(8(3)18)6-10(11)17(19)20/h4-7H,1-3H3. The first-order valence-electron chi connectivity index (χ1n) is 6.15. The number of nitro benzene ring substituents is 1. The number of rotatable bonds is 5. The first-order chi connectivity index (χ1) is 9.90. The largest absolute Gasteiger partial charge is 0.295 e. The molecule has 0 unspecified atom stereocenters. The van der Waals surface area contributed by atoms with E-state index in [1.54, 1.807) is 16.8 Å². The van der Waals surface area contributed by atoms with Crippen molar-refractivity contribution in [3.63, 3.8) is 0 Å². The first-order valence-corrected chi connectivity index (χ1v) is 6.97. The van der Waals surface area contributed by atoms with Crippen LogP contribution in [0.15, 0.2) is 28.3 Å². The Balaban J connectivity index is 2.42. The topological polar surface area (TPSA) is 104 Å². The van der Waals surface area contributed by atoms with Crippen molar-refractivity contribution in [2.75, 3.05) is 0 Å². The van der Waals surface area contributed by atoms with Gasteiger partial charge in [0.05, 0.1) is 15.9 Å². The third-order valence-corrected chi connectivity index (χ3v) is 3.73. The Morgan fingerprint density at radius 3 is 2.71 bits per heavy atom. The zero-order chi connectivity index (χ0) is 15.6. The van der Waals surface area contributed by atoms with Gasteiger partial charge < -0.3 is 0 Å². The van der Waals surface area contributed by atoms with E-state index in [0.717, 1.165) is 11.8 Å². The first kappa shape index (κ1) is 15.1. The van der Waals surface area contributed by atoms with Gasteiger partial charge in [-0.05, 0) is 55.1 Å². The molecule has 21 heavy (non-hydrogen) atoms. The van der Waals surface area contributed by atoms with Crippen LogP contribution < -0.4 is 0 Å². The van der Waals surface area contributed by atoms with Crippen LogP contribution in [-0.4, -0.2) is 30.9 Å². The molecule has 110 valence electrons. The summed E-state index contributed by atoms with van der Waals surface area (Å²) >= 11 is 1.10. The number of carbonyl (C=O) groups is 1. The average Bonchev–Trinajstić information content (AvgIpc) is 2.87. The molecule has 0 fully saturated rings. The van der Waals surface area contributed by atoms with E-state index in [9.17, 15) is 14.9 Å². The molecule has 2 aromatic rings. The van der Waals surface area contributed by atoms with Gasteiger partial charge in [0, 0.05) is 11.6 Å². The number of carbonyl (C=O) groups excluding carboxylic acids is 1. The molecule has 0 radical (unpaired) electrons. The molecule has 1 aromatic heterocycles. The second-order valence-corrected chi connectivity index (χ2v) is 5.61. The van der Waals surface area contributed by atoms with Gasteiger partial charge in [-0.25, -0.2) is 4.68 Å². The smallest absolute Gasteiger partial charge is 0.284 e. The fraction of sp³-hybridized carbons (Fsp3) is 0.333. The summed E-state index contributed by atoms with van der Waals surface area (Å²) in [5.41, 5.74) is 0.167. The van der Waals surface area contributed by atoms with Gasteiger partial charge in [-0.15, -0.1) is 5.10 Å². The van der Waals surface area contributed by atoms with Crippen LogP contribution in [0.25, 0.3) is 0 Å². The van der Waals surface area contributed by atoms with Crippen LogP contribution >= 0.6 is 11.8 Å². The van der Waals surface area contributed by atoms with Gasteiger partial charge in [-0.3, -0.25) is 14.9 Å². The van der Waals surface area contributed by atoms with Gasteiger partial charge in [0.15, 0.2) is 5.78 Å². The molecule has 0 N–H and O–H groups in total. The lowest BCUT2D eigenvalue weighted by Gasteiger charge is -2.07. The number of hydrogen-bond acceptors (Lipinski definition) is 7. The number of nitrogens with zero attached hydrogens (tertiary/aromatic N) is 5. The van der Waals surface area contributed by atoms with E-state index >= 15 is 0 Å². The molecule has 1 heterocycles. The van der Waals surface area contributed by atoms with Crippen LogP contribution in [0.5, 0.6) is 0 Å². The lowest BCUT2D eigenvalue weighted by atomic mass is 10.1. The highest BCUT2D eigenvalue weighted by Crippen LogP contribution is 2.34. The summed E-state index contributed by atoms with van der Waals surface area (Å²) in [5, 5.41) is 22.9. The maximum atomic E-state index is 11.3. The second-order valence-electron chi connectivity index (χ2n) is 4.60. The lowest BCUT2D eigenvalue weighted by Crippen LogP contribution is -2.05. The molecule has 0 aliphatic heterocycles. The SMILES string of the molecule is CC(=O)c1ccc(Sc2nnnn2C(C)C)c([N+](=O)[O-])c1. The van der Waals surface area contributed by atoms with Crippen molar-refractivity contribution in [1.29, 1.82) is 0 Å². The summed E-state index contributed by atoms with van der Waals surface area (Å²) in [6.45, 7) is 5.19. The Hall–Kier alpha value is -2.29. The maximum absolute atomic E-state index is 11.3. The number of tetrazole rings is 1. The molecule has 0 saturated heterocycles. The Morgan fingerprint density at radius 2 is 2.14 bits per heavy atom. The molecule has 0 amide bonds. The van der Waals surface area contributed by atoms with Crippen LogP contribution in [0, 0.1) is 10.1 Å². The number of nitro groups is 1. The van der Waals surface area contributed by atoms with Gasteiger partial charge >= 0.3 is 0 Å². The van der Waals surface area contributed by atoms with Gasteiger partial charge in [-0.1, -0.05) is 0 Å². The Labute approximate surface area is 124 Å². The molecular formula is C12H13N5O3S. The summed E-state index contributed by atoms with van der Waals surface area (Å²) in [5.74, 6) is -0.221. The summed E-state index contributed by atoms with van der Waals surface area (Å²) in [6, 6.07) is 4.41. The van der Waals surface area contributed by atoms with Crippen molar-refractivity contribution in [2.24, 2.45) is 0 Å². The van der Waals surface area contributed by atoms with E-state index in [4.69, 9.17) is 0 Å². The Morgan fingerprint density at radius 1 is 1.43 bits per heavy atom. The minimum atomic E-state index is -0.516. The minimum Gasteiger partial charge on any atom is -0.295 e. The van der Waals surface area contributed by atoms with Crippen molar-refractivity contribution in [3.8, 4) is 0 Å². The number of benzene rings is 1. The van der Waals surface area contributed by atoms with E-state index in [1.165, 1.54) is 13.0 Å². The molecular weight excluding hydrogens is 294 g/mol. The van der Waals surface area contributed by atoms with Crippen LogP contribution in [0.3, 0.4) is 0 Å². The highest BCUT2D eigenvalue weighted by atomic mass is 32.2. The summed E-state index contributed by atoms with van der Waals surface area (Å²) in [4.78, 5) is 22.4. The molecule has 0 spiro atoms. The predicted molar refractivity (Wildman–Crippen MR) is 75.4 cm³/mol. The normalized spacial score (nSPS) is 10.9. The van der Waals surface area contributed by atoms with Crippen molar-refractivity contribution < 1.29 is 9.72 Å². The summed E-state index contributed by atoms with van der Waals surface area (Å²) in [7, 11) is 0. The quantitative estimate of drug-likeness (QED) is 0.475. The maximum Gasteiger partial charge on any atom is 0.284 e. The van der Waals surface area contributed by atoms with Crippen LogP contribution in [0.2, 0.25) is 0 Å². The lowest BCUT2D eigenvalue weighted by molar-refractivity contribution is -0.387. The molecule has 8 nitrogen and oxygen atoms in total. The third kappa shape index (κ3) is 3.24. The monoisotopic (exact) mass is 307 g/mol. The Bertz CT molecular complexity index is 698. The van der Waals surface area contributed by atoms with Crippen molar-refractivity contribution in [2.45, 2.75) is 36.9 Å². The van der Waals surface area contributed by atoms with E-state index in [1.807, 2.05) is 13.8 Å². The van der Waals surface area contributed by atoms with Gasteiger partial charge in [0.2, 0.25) is 5.16 Å². The van der Waals surface area contributed by atoms with Crippen LogP contribution in [0.4, 0.5) is 5.69 Å². The Kier molecular flexibility index (Phi) is 4.32. The van der Waals surface area contributed by atoms with Crippen LogP contribution in [-0.2, 0) is 0 Å². The molecule has 0 aliphatic carbocycles. The highest BCUT2D eigenvalue weighted by Gasteiger charge is 2.20. The van der Waals surface area contributed by atoms with Gasteiger partial charge in [-0.2, -0.15) is 0 Å².